The van der Waals surface area contributed by atoms with Crippen molar-refractivity contribution in [2.75, 3.05) is 26.8 Å². The van der Waals surface area contributed by atoms with Crippen LogP contribution < -0.4 is 18.9 Å². The van der Waals surface area contributed by atoms with E-state index in [1.807, 2.05) is 0 Å². The van der Waals surface area contributed by atoms with Crippen LogP contribution in [0, 0.1) is 0 Å². The van der Waals surface area contributed by atoms with E-state index in [1.54, 1.807) is 50.6 Å². The molecule has 0 atom stereocenters. The third-order valence-electron chi connectivity index (χ3n) is 4.06. The van der Waals surface area contributed by atoms with Crippen LogP contribution in [0.1, 0.15) is 10.4 Å². The lowest BCUT2D eigenvalue weighted by atomic mass is 10.1. The van der Waals surface area contributed by atoms with Crippen molar-refractivity contribution < 1.29 is 28.2 Å². The summed E-state index contributed by atoms with van der Waals surface area (Å²) in [6, 6.07) is 10.4. The Bertz CT molecular complexity index is 1020. The smallest absolute Gasteiger partial charge is 0.277 e. The minimum atomic E-state index is -0.0748. The number of ether oxygens (including phenoxy) is 4. The summed E-state index contributed by atoms with van der Waals surface area (Å²) in [5, 5.41) is 8.33. The molecule has 2 aromatic carbocycles. The Morgan fingerprint density at radius 2 is 1.86 bits per heavy atom. The number of hydrogen-bond acceptors (Lipinski definition) is 9. The number of methoxy groups -OCH3 is 2. The van der Waals surface area contributed by atoms with Crippen LogP contribution in [-0.4, -0.2) is 42.7 Å². The van der Waals surface area contributed by atoms with Crippen molar-refractivity contribution in [1.29, 1.82) is 0 Å². The molecule has 0 N–H and O–H groups in total. The summed E-state index contributed by atoms with van der Waals surface area (Å²) in [4.78, 5) is 12.4. The SMILES string of the molecule is COc1ccc(-c2nnc(SCC(=O)c3ccc4c(c3)OCO4)o2)cc1OC. The highest BCUT2D eigenvalue weighted by Gasteiger charge is 2.18. The first kappa shape index (κ1) is 18.2. The van der Waals surface area contributed by atoms with Gasteiger partial charge in [-0.05, 0) is 36.4 Å². The Morgan fingerprint density at radius 3 is 2.68 bits per heavy atom. The standard InChI is InChI=1S/C19H16N2O6S/c1-23-14-5-4-12(8-16(14)24-2)18-20-21-19(27-18)28-9-13(22)11-3-6-15-17(7-11)26-10-25-15/h3-8H,9-10H2,1-2H3. The number of ketones is 1. The topological polar surface area (TPSA) is 92.9 Å². The van der Waals surface area contributed by atoms with Gasteiger partial charge in [0.1, 0.15) is 0 Å². The molecule has 0 saturated carbocycles. The maximum atomic E-state index is 12.4. The zero-order chi connectivity index (χ0) is 19.5. The van der Waals surface area contributed by atoms with E-state index in [9.17, 15) is 4.79 Å². The molecule has 0 spiro atoms. The second-order valence-electron chi connectivity index (χ2n) is 5.72. The van der Waals surface area contributed by atoms with Gasteiger partial charge in [0.05, 0.1) is 20.0 Å². The highest BCUT2D eigenvalue weighted by molar-refractivity contribution is 7.99. The highest BCUT2D eigenvalue weighted by atomic mass is 32.2. The molecule has 9 heteroatoms. The van der Waals surface area contributed by atoms with Crippen LogP contribution in [0.25, 0.3) is 11.5 Å². The molecule has 1 aliphatic rings. The van der Waals surface area contributed by atoms with Crippen LogP contribution >= 0.6 is 11.8 Å². The maximum Gasteiger partial charge on any atom is 0.277 e. The van der Waals surface area contributed by atoms with Gasteiger partial charge in [-0.15, -0.1) is 10.2 Å². The molecule has 4 rings (SSSR count). The quantitative estimate of drug-likeness (QED) is 0.436. The summed E-state index contributed by atoms with van der Waals surface area (Å²) in [7, 11) is 3.12. The zero-order valence-corrected chi connectivity index (χ0v) is 15.9. The molecule has 28 heavy (non-hydrogen) atoms. The molecule has 0 unspecified atom stereocenters. The van der Waals surface area contributed by atoms with Gasteiger partial charge >= 0.3 is 0 Å². The van der Waals surface area contributed by atoms with Crippen molar-refractivity contribution in [3.05, 3.63) is 42.0 Å². The Labute approximate surface area is 164 Å². The predicted molar refractivity (Wildman–Crippen MR) is 100 cm³/mol. The lowest BCUT2D eigenvalue weighted by molar-refractivity contribution is 0.102. The first-order valence-corrected chi connectivity index (χ1v) is 9.28. The minimum absolute atomic E-state index is 0.0748. The summed E-state index contributed by atoms with van der Waals surface area (Å²) >= 11 is 1.17. The summed E-state index contributed by atoms with van der Waals surface area (Å²) < 4.78 is 26.7. The number of rotatable bonds is 7. The summed E-state index contributed by atoms with van der Waals surface area (Å²) in [6.07, 6.45) is 0. The molecule has 0 aliphatic carbocycles. The Morgan fingerprint density at radius 1 is 1.04 bits per heavy atom. The summed E-state index contributed by atoms with van der Waals surface area (Å²) in [6.45, 7) is 0.169. The number of benzene rings is 2. The monoisotopic (exact) mass is 400 g/mol. The lowest BCUT2D eigenvalue weighted by Gasteiger charge is -2.07. The minimum Gasteiger partial charge on any atom is -0.493 e. The van der Waals surface area contributed by atoms with Crippen molar-refractivity contribution in [2.45, 2.75) is 5.22 Å². The van der Waals surface area contributed by atoms with Gasteiger partial charge in [0.25, 0.3) is 5.22 Å². The summed E-state index contributed by atoms with van der Waals surface area (Å²) in [5.74, 6) is 2.80. The van der Waals surface area contributed by atoms with Crippen molar-refractivity contribution >= 4 is 17.5 Å². The van der Waals surface area contributed by atoms with Gasteiger partial charge < -0.3 is 23.4 Å². The molecule has 0 bridgehead atoms. The number of fused-ring (bicyclic) bond motifs is 1. The normalized spacial score (nSPS) is 12.1. The lowest BCUT2D eigenvalue weighted by Crippen LogP contribution is -2.02. The average Bonchev–Trinajstić information content (AvgIpc) is 3.40. The fourth-order valence-electron chi connectivity index (χ4n) is 2.63. The Hall–Kier alpha value is -3.20. The molecule has 1 aromatic heterocycles. The van der Waals surface area contributed by atoms with Gasteiger partial charge in [-0.25, -0.2) is 0 Å². The first-order valence-electron chi connectivity index (χ1n) is 8.29. The zero-order valence-electron chi connectivity index (χ0n) is 15.1. The van der Waals surface area contributed by atoms with Gasteiger partial charge in [-0.3, -0.25) is 4.79 Å². The van der Waals surface area contributed by atoms with E-state index in [-0.39, 0.29) is 18.3 Å². The molecular formula is C19H16N2O6S. The van der Waals surface area contributed by atoms with Crippen molar-refractivity contribution in [2.24, 2.45) is 0 Å². The third-order valence-corrected chi connectivity index (χ3v) is 4.88. The molecule has 0 radical (unpaired) electrons. The van der Waals surface area contributed by atoms with E-state index in [4.69, 9.17) is 23.4 Å². The van der Waals surface area contributed by atoms with Gasteiger partial charge in [-0.1, -0.05) is 11.8 Å². The molecule has 2 heterocycles. The van der Waals surface area contributed by atoms with E-state index in [0.29, 0.717) is 45.2 Å². The number of aromatic nitrogens is 2. The van der Waals surface area contributed by atoms with Gasteiger partial charge in [0, 0.05) is 11.1 Å². The second-order valence-corrected chi connectivity index (χ2v) is 6.65. The van der Waals surface area contributed by atoms with Crippen LogP contribution in [0.15, 0.2) is 46.0 Å². The molecule has 0 fully saturated rings. The number of thioether (sulfide) groups is 1. The second kappa shape index (κ2) is 7.81. The van der Waals surface area contributed by atoms with Crippen LogP contribution in [0.5, 0.6) is 23.0 Å². The van der Waals surface area contributed by atoms with Gasteiger partial charge in [0.15, 0.2) is 28.8 Å². The van der Waals surface area contributed by atoms with Gasteiger partial charge in [0.2, 0.25) is 12.7 Å². The molecule has 144 valence electrons. The van der Waals surface area contributed by atoms with Crippen molar-refractivity contribution in [1.82, 2.24) is 10.2 Å². The Kier molecular flexibility index (Phi) is 5.07. The van der Waals surface area contributed by atoms with Crippen LogP contribution in [-0.2, 0) is 0 Å². The first-order chi connectivity index (χ1) is 13.7. The molecule has 3 aromatic rings. The van der Waals surface area contributed by atoms with Crippen molar-refractivity contribution in [3.63, 3.8) is 0 Å². The van der Waals surface area contributed by atoms with E-state index >= 15 is 0 Å². The molecule has 0 amide bonds. The number of hydrogen-bond donors (Lipinski definition) is 0. The van der Waals surface area contributed by atoms with Crippen LogP contribution in [0.3, 0.4) is 0 Å². The number of Topliss-reactive ketones (excluding diaryl/α,β-unsaturated/α-hetero) is 1. The third kappa shape index (κ3) is 3.61. The summed E-state index contributed by atoms with van der Waals surface area (Å²) in [5.41, 5.74) is 1.23. The van der Waals surface area contributed by atoms with Gasteiger partial charge in [-0.2, -0.15) is 0 Å². The number of nitrogens with zero attached hydrogens (tertiary/aromatic N) is 2. The Balaban J connectivity index is 1.43. The highest BCUT2D eigenvalue weighted by Crippen LogP contribution is 2.34. The molecular weight excluding hydrogens is 384 g/mol. The number of carbonyl (C=O) groups excluding carboxylic acids is 1. The van der Waals surface area contributed by atoms with Crippen molar-refractivity contribution in [3.8, 4) is 34.5 Å². The van der Waals surface area contributed by atoms with E-state index < -0.39 is 0 Å². The molecule has 0 saturated heterocycles. The number of carbonyl (C=O) groups is 1. The molecule has 1 aliphatic heterocycles. The predicted octanol–water partition coefficient (Wildman–Crippen LogP) is 3.46. The molecule has 8 nitrogen and oxygen atoms in total. The van der Waals surface area contributed by atoms with E-state index in [1.165, 1.54) is 11.8 Å². The van der Waals surface area contributed by atoms with E-state index in [2.05, 4.69) is 10.2 Å². The largest absolute Gasteiger partial charge is 0.493 e. The van der Waals surface area contributed by atoms with E-state index in [0.717, 1.165) is 0 Å². The fraction of sp³-hybridized carbons (Fsp3) is 0.211. The van der Waals surface area contributed by atoms with Crippen LogP contribution in [0.4, 0.5) is 0 Å². The fourth-order valence-corrected chi connectivity index (χ4v) is 3.29. The maximum absolute atomic E-state index is 12.4. The van der Waals surface area contributed by atoms with Crippen LogP contribution in [0.2, 0.25) is 0 Å². The average molecular weight is 400 g/mol.